The maximum Gasteiger partial charge on any atom is 0.307 e. The zero-order chi connectivity index (χ0) is 11.4. The van der Waals surface area contributed by atoms with Gasteiger partial charge in [0.2, 0.25) is 0 Å². The van der Waals surface area contributed by atoms with Gasteiger partial charge in [0, 0.05) is 17.0 Å². The number of hydrogen-bond acceptors (Lipinski definition) is 2. The maximum absolute atomic E-state index is 13.5. The molecule has 0 aliphatic rings. The van der Waals surface area contributed by atoms with Gasteiger partial charge in [-0.3, -0.25) is 4.79 Å². The van der Waals surface area contributed by atoms with E-state index >= 15 is 0 Å². The quantitative estimate of drug-likeness (QED) is 0.859. The van der Waals surface area contributed by atoms with Crippen LogP contribution in [0, 0.1) is 5.82 Å². The van der Waals surface area contributed by atoms with Crippen molar-refractivity contribution in [2.45, 2.75) is 11.8 Å². The second-order valence-electron chi connectivity index (χ2n) is 2.95. The molecule has 15 heavy (non-hydrogen) atoms. The fourth-order valence-electron chi connectivity index (χ4n) is 1.25. The second kappa shape index (κ2) is 5.11. The van der Waals surface area contributed by atoms with Crippen molar-refractivity contribution in [3.8, 4) is 5.75 Å². The Hall–Kier alpha value is -1.10. The van der Waals surface area contributed by atoms with Crippen LogP contribution in [0.3, 0.4) is 0 Å². The summed E-state index contributed by atoms with van der Waals surface area (Å²) in [5.41, 5.74) is 0.787. The summed E-state index contributed by atoms with van der Waals surface area (Å²) in [7, 11) is 1.43. The van der Waals surface area contributed by atoms with Gasteiger partial charge in [-0.1, -0.05) is 15.9 Å². The molecule has 1 rings (SSSR count). The van der Waals surface area contributed by atoms with Gasteiger partial charge in [0.15, 0.2) is 0 Å². The van der Waals surface area contributed by atoms with Gasteiger partial charge in [-0.25, -0.2) is 4.39 Å². The van der Waals surface area contributed by atoms with E-state index < -0.39 is 11.8 Å². The number of methoxy groups -OCH3 is 1. The fraction of sp³-hybridized carbons (Fsp3) is 0.300. The molecule has 0 unspecified atom stereocenters. The van der Waals surface area contributed by atoms with Crippen molar-refractivity contribution >= 4 is 21.9 Å². The molecule has 0 aliphatic heterocycles. The van der Waals surface area contributed by atoms with Gasteiger partial charge in [0.05, 0.1) is 13.5 Å². The molecule has 0 atom stereocenters. The number of halogens is 2. The SMILES string of the molecule is COc1cc(F)c(CC(=O)O)c(CBr)c1. The molecule has 0 aliphatic carbocycles. The van der Waals surface area contributed by atoms with Gasteiger partial charge in [-0.05, 0) is 11.6 Å². The molecule has 0 fully saturated rings. The zero-order valence-electron chi connectivity index (χ0n) is 8.09. The summed E-state index contributed by atoms with van der Waals surface area (Å²) in [6.07, 6.45) is -0.323. The van der Waals surface area contributed by atoms with Crippen LogP contribution in [0.2, 0.25) is 0 Å². The van der Waals surface area contributed by atoms with E-state index in [1.807, 2.05) is 0 Å². The lowest BCUT2D eigenvalue weighted by molar-refractivity contribution is -0.136. The molecule has 1 N–H and O–H groups in total. The lowest BCUT2D eigenvalue weighted by Crippen LogP contribution is -2.06. The summed E-state index contributed by atoms with van der Waals surface area (Å²) in [5.74, 6) is -1.22. The summed E-state index contributed by atoms with van der Waals surface area (Å²) >= 11 is 3.18. The molecule has 0 saturated heterocycles. The number of carboxylic acid groups (broad SMARTS) is 1. The number of rotatable bonds is 4. The Bertz CT molecular complexity index is 379. The number of carboxylic acids is 1. The number of hydrogen-bond donors (Lipinski definition) is 1. The van der Waals surface area contributed by atoms with Gasteiger partial charge < -0.3 is 9.84 Å². The van der Waals surface area contributed by atoms with Crippen LogP contribution in [-0.4, -0.2) is 18.2 Å². The third-order valence-corrected chi connectivity index (χ3v) is 2.57. The summed E-state index contributed by atoms with van der Waals surface area (Å²) in [6.45, 7) is 0. The molecule has 0 spiro atoms. The molecular formula is C10H10BrFO3. The van der Waals surface area contributed by atoms with Crippen molar-refractivity contribution in [3.05, 3.63) is 29.1 Å². The van der Waals surface area contributed by atoms with Gasteiger partial charge in [-0.15, -0.1) is 0 Å². The fourth-order valence-corrected chi connectivity index (χ4v) is 1.75. The van der Waals surface area contributed by atoms with Crippen molar-refractivity contribution in [1.29, 1.82) is 0 Å². The first kappa shape index (κ1) is 12.0. The standard InChI is InChI=1S/C10H10BrFO3/c1-15-7-2-6(5-11)8(4-10(13)14)9(12)3-7/h2-3H,4-5H2,1H3,(H,13,14). The largest absolute Gasteiger partial charge is 0.497 e. The Morgan fingerprint density at radius 2 is 2.27 bits per heavy atom. The van der Waals surface area contributed by atoms with Crippen molar-refractivity contribution in [1.82, 2.24) is 0 Å². The van der Waals surface area contributed by atoms with E-state index in [0.717, 1.165) is 0 Å². The predicted molar refractivity (Wildman–Crippen MR) is 56.9 cm³/mol. The Morgan fingerprint density at radius 1 is 1.60 bits per heavy atom. The molecule has 0 radical (unpaired) electrons. The minimum atomic E-state index is -1.05. The molecule has 1 aromatic carbocycles. The summed E-state index contributed by atoms with van der Waals surface area (Å²) in [4.78, 5) is 10.5. The minimum Gasteiger partial charge on any atom is -0.497 e. The minimum absolute atomic E-state index is 0.195. The Kier molecular flexibility index (Phi) is 4.08. The van der Waals surface area contributed by atoms with Crippen molar-refractivity contribution in [2.75, 3.05) is 7.11 Å². The first-order chi connectivity index (χ1) is 7.08. The van der Waals surface area contributed by atoms with E-state index in [9.17, 15) is 9.18 Å². The number of ether oxygens (including phenoxy) is 1. The molecule has 0 bridgehead atoms. The third-order valence-electron chi connectivity index (χ3n) is 1.97. The second-order valence-corrected chi connectivity index (χ2v) is 3.51. The van der Waals surface area contributed by atoms with Gasteiger partial charge in [0.1, 0.15) is 11.6 Å². The van der Waals surface area contributed by atoms with Crippen LogP contribution in [0.1, 0.15) is 11.1 Å². The van der Waals surface area contributed by atoms with E-state index in [0.29, 0.717) is 16.6 Å². The van der Waals surface area contributed by atoms with E-state index in [4.69, 9.17) is 9.84 Å². The highest BCUT2D eigenvalue weighted by atomic mass is 79.9. The van der Waals surface area contributed by atoms with Crippen molar-refractivity contribution < 1.29 is 19.0 Å². The molecular weight excluding hydrogens is 267 g/mol. The molecule has 5 heteroatoms. The average Bonchev–Trinajstić information content (AvgIpc) is 2.20. The van der Waals surface area contributed by atoms with Crippen molar-refractivity contribution in [3.63, 3.8) is 0 Å². The van der Waals surface area contributed by atoms with Gasteiger partial charge in [0.25, 0.3) is 0 Å². The van der Waals surface area contributed by atoms with Crippen LogP contribution >= 0.6 is 15.9 Å². The van der Waals surface area contributed by atoms with E-state index in [1.165, 1.54) is 13.2 Å². The number of benzene rings is 1. The first-order valence-corrected chi connectivity index (χ1v) is 5.33. The van der Waals surface area contributed by atoms with Crippen LogP contribution < -0.4 is 4.74 Å². The van der Waals surface area contributed by atoms with E-state index in [-0.39, 0.29) is 12.0 Å². The number of aliphatic carboxylic acids is 1. The van der Waals surface area contributed by atoms with Gasteiger partial charge >= 0.3 is 5.97 Å². The highest BCUT2D eigenvalue weighted by Gasteiger charge is 2.13. The Balaban J connectivity index is 3.18. The molecule has 0 amide bonds. The van der Waals surface area contributed by atoms with Crippen LogP contribution in [-0.2, 0) is 16.5 Å². The molecule has 0 heterocycles. The predicted octanol–water partition coefficient (Wildman–Crippen LogP) is 2.36. The summed E-state index contributed by atoms with van der Waals surface area (Å²) < 4.78 is 18.4. The lowest BCUT2D eigenvalue weighted by atomic mass is 10.0. The molecule has 82 valence electrons. The molecule has 0 aromatic heterocycles. The summed E-state index contributed by atoms with van der Waals surface area (Å²) in [5, 5.41) is 9.02. The normalized spacial score (nSPS) is 10.1. The van der Waals surface area contributed by atoms with Crippen LogP contribution in [0.4, 0.5) is 4.39 Å². The Labute approximate surface area is 95.0 Å². The monoisotopic (exact) mass is 276 g/mol. The zero-order valence-corrected chi connectivity index (χ0v) is 9.67. The highest BCUT2D eigenvalue weighted by Crippen LogP contribution is 2.24. The topological polar surface area (TPSA) is 46.5 Å². The highest BCUT2D eigenvalue weighted by molar-refractivity contribution is 9.08. The molecule has 3 nitrogen and oxygen atoms in total. The molecule has 0 saturated carbocycles. The van der Waals surface area contributed by atoms with Crippen LogP contribution in [0.5, 0.6) is 5.75 Å². The van der Waals surface area contributed by atoms with Crippen LogP contribution in [0.15, 0.2) is 12.1 Å². The molecule has 1 aromatic rings. The average molecular weight is 277 g/mol. The van der Waals surface area contributed by atoms with E-state index in [1.54, 1.807) is 6.07 Å². The van der Waals surface area contributed by atoms with E-state index in [2.05, 4.69) is 15.9 Å². The van der Waals surface area contributed by atoms with Gasteiger partial charge in [-0.2, -0.15) is 0 Å². The first-order valence-electron chi connectivity index (χ1n) is 4.21. The number of carbonyl (C=O) groups is 1. The van der Waals surface area contributed by atoms with Crippen LogP contribution in [0.25, 0.3) is 0 Å². The maximum atomic E-state index is 13.5. The smallest absolute Gasteiger partial charge is 0.307 e. The summed E-state index contributed by atoms with van der Waals surface area (Å²) in [6, 6.07) is 2.81. The Morgan fingerprint density at radius 3 is 2.73 bits per heavy atom. The number of alkyl halides is 1. The van der Waals surface area contributed by atoms with Crippen molar-refractivity contribution in [2.24, 2.45) is 0 Å². The third kappa shape index (κ3) is 2.92. The lowest BCUT2D eigenvalue weighted by Gasteiger charge is -2.09.